The molecule has 0 saturated heterocycles. The van der Waals surface area contributed by atoms with Crippen LogP contribution in [0.2, 0.25) is 5.02 Å². The fourth-order valence-corrected chi connectivity index (χ4v) is 2.47. The quantitative estimate of drug-likeness (QED) is 0.783. The maximum Gasteiger partial charge on any atom is 0.227 e. The Labute approximate surface area is 124 Å². The minimum Gasteiger partial charge on any atom is -0.487 e. The summed E-state index contributed by atoms with van der Waals surface area (Å²) >= 11 is 6.02. The molecule has 110 valence electrons. The molecule has 1 atom stereocenters. The Balaban J connectivity index is 2.08. The minimum absolute atomic E-state index is 0.00778. The lowest BCUT2D eigenvalue weighted by Crippen LogP contribution is -2.42. The van der Waals surface area contributed by atoms with Gasteiger partial charge < -0.3 is 14.4 Å². The van der Waals surface area contributed by atoms with E-state index in [0.29, 0.717) is 24.6 Å². The largest absolute Gasteiger partial charge is 0.487 e. The predicted octanol–water partition coefficient (Wildman–Crippen LogP) is 3.27. The number of hydrogen-bond acceptors (Lipinski definition) is 3. The number of hydrogen-bond donors (Lipinski definition) is 0. The van der Waals surface area contributed by atoms with Crippen LogP contribution in [0.3, 0.4) is 0 Å². The standard InChI is InChI=1S/C15H20ClNO3/c1-11-10-17(15(18)5-3-4-8-19-2)13-9-12(16)6-7-14(13)20-11/h6-7,9,11H,3-5,8,10H2,1-2H3/t11-/m0/s1. The van der Waals surface area contributed by atoms with Gasteiger partial charge in [-0.2, -0.15) is 0 Å². The number of carbonyl (C=O) groups excluding carboxylic acids is 1. The van der Waals surface area contributed by atoms with E-state index in [0.717, 1.165) is 24.3 Å². The SMILES string of the molecule is COCCCCC(=O)N1C[C@H](C)Oc2ccc(Cl)cc21. The molecule has 0 spiro atoms. The van der Waals surface area contributed by atoms with E-state index < -0.39 is 0 Å². The molecule has 5 heteroatoms. The van der Waals surface area contributed by atoms with Gasteiger partial charge in [-0.1, -0.05) is 11.6 Å². The van der Waals surface area contributed by atoms with Crippen LogP contribution in [0.4, 0.5) is 5.69 Å². The van der Waals surface area contributed by atoms with E-state index in [4.69, 9.17) is 21.1 Å². The first-order valence-electron chi connectivity index (χ1n) is 6.87. The second-order valence-corrected chi connectivity index (χ2v) is 5.43. The molecule has 1 heterocycles. The maximum absolute atomic E-state index is 12.4. The zero-order valence-corrected chi connectivity index (χ0v) is 12.7. The van der Waals surface area contributed by atoms with Crippen molar-refractivity contribution in [2.75, 3.05) is 25.2 Å². The monoisotopic (exact) mass is 297 g/mol. The smallest absolute Gasteiger partial charge is 0.227 e. The third kappa shape index (κ3) is 3.64. The Hall–Kier alpha value is -1.26. The van der Waals surface area contributed by atoms with Gasteiger partial charge in [0.05, 0.1) is 12.2 Å². The highest BCUT2D eigenvalue weighted by Crippen LogP contribution is 2.36. The zero-order valence-electron chi connectivity index (χ0n) is 11.9. The summed E-state index contributed by atoms with van der Waals surface area (Å²) in [5.41, 5.74) is 0.771. The number of unbranched alkanes of at least 4 members (excludes halogenated alkanes) is 1. The second kappa shape index (κ2) is 6.95. The number of methoxy groups -OCH3 is 1. The van der Waals surface area contributed by atoms with Crippen LogP contribution in [0.5, 0.6) is 5.75 Å². The fraction of sp³-hybridized carbons (Fsp3) is 0.533. The molecule has 0 fully saturated rings. The van der Waals surface area contributed by atoms with Gasteiger partial charge in [-0.25, -0.2) is 0 Å². The van der Waals surface area contributed by atoms with Crippen LogP contribution in [0, 0.1) is 0 Å². The molecule has 1 aromatic carbocycles. The minimum atomic E-state index is -0.00778. The lowest BCUT2D eigenvalue weighted by molar-refractivity contribution is -0.119. The van der Waals surface area contributed by atoms with Crippen LogP contribution >= 0.6 is 11.6 Å². The van der Waals surface area contributed by atoms with Gasteiger partial charge in [0, 0.05) is 25.2 Å². The molecule has 0 radical (unpaired) electrons. The summed E-state index contributed by atoms with van der Waals surface area (Å²) in [6, 6.07) is 5.38. The molecule has 0 bridgehead atoms. The molecule has 1 amide bonds. The zero-order chi connectivity index (χ0) is 14.5. The van der Waals surface area contributed by atoms with Crippen molar-refractivity contribution in [3.05, 3.63) is 23.2 Å². The van der Waals surface area contributed by atoms with Crippen molar-refractivity contribution in [2.24, 2.45) is 0 Å². The number of rotatable bonds is 5. The topological polar surface area (TPSA) is 38.8 Å². The number of amides is 1. The highest BCUT2D eigenvalue weighted by Gasteiger charge is 2.27. The molecule has 4 nitrogen and oxygen atoms in total. The first kappa shape index (κ1) is 15.1. The van der Waals surface area contributed by atoms with E-state index in [-0.39, 0.29) is 12.0 Å². The van der Waals surface area contributed by atoms with Crippen LogP contribution in [0.15, 0.2) is 18.2 Å². The third-order valence-corrected chi connectivity index (χ3v) is 3.50. The summed E-state index contributed by atoms with van der Waals surface area (Å²) in [6.07, 6.45) is 2.23. The first-order chi connectivity index (χ1) is 9.61. The molecule has 1 aromatic rings. The summed E-state index contributed by atoms with van der Waals surface area (Å²) in [6.45, 7) is 3.22. The number of fused-ring (bicyclic) bond motifs is 1. The van der Waals surface area contributed by atoms with E-state index in [9.17, 15) is 4.79 Å². The van der Waals surface area contributed by atoms with Crippen LogP contribution in [0.25, 0.3) is 0 Å². The van der Waals surface area contributed by atoms with Crippen molar-refractivity contribution in [3.8, 4) is 5.75 Å². The van der Waals surface area contributed by atoms with Gasteiger partial charge in [0.2, 0.25) is 5.91 Å². The van der Waals surface area contributed by atoms with Gasteiger partial charge >= 0.3 is 0 Å². The molecule has 20 heavy (non-hydrogen) atoms. The van der Waals surface area contributed by atoms with Crippen molar-refractivity contribution < 1.29 is 14.3 Å². The van der Waals surface area contributed by atoms with Crippen molar-refractivity contribution in [1.82, 2.24) is 0 Å². The van der Waals surface area contributed by atoms with Gasteiger partial charge in [-0.05, 0) is 38.0 Å². The Morgan fingerprint density at radius 3 is 3.05 bits per heavy atom. The van der Waals surface area contributed by atoms with Crippen LogP contribution in [0.1, 0.15) is 26.2 Å². The van der Waals surface area contributed by atoms with Crippen molar-refractivity contribution in [2.45, 2.75) is 32.3 Å². The summed E-state index contributed by atoms with van der Waals surface area (Å²) in [7, 11) is 1.67. The van der Waals surface area contributed by atoms with Crippen LogP contribution in [-0.4, -0.2) is 32.3 Å². The lowest BCUT2D eigenvalue weighted by Gasteiger charge is -2.33. The summed E-state index contributed by atoms with van der Waals surface area (Å²) in [4.78, 5) is 14.1. The molecule has 0 N–H and O–H groups in total. The summed E-state index contributed by atoms with van der Waals surface area (Å²) < 4.78 is 10.7. The average Bonchev–Trinajstić information content (AvgIpc) is 2.43. The lowest BCUT2D eigenvalue weighted by atomic mass is 10.1. The molecule has 0 aromatic heterocycles. The molecule has 0 unspecified atom stereocenters. The van der Waals surface area contributed by atoms with Gasteiger partial charge in [0.15, 0.2) is 0 Å². The van der Waals surface area contributed by atoms with Crippen molar-refractivity contribution in [1.29, 1.82) is 0 Å². The normalized spacial score (nSPS) is 17.6. The van der Waals surface area contributed by atoms with Crippen LogP contribution in [-0.2, 0) is 9.53 Å². The Morgan fingerprint density at radius 1 is 1.50 bits per heavy atom. The molecule has 1 aliphatic rings. The maximum atomic E-state index is 12.4. The van der Waals surface area contributed by atoms with Gasteiger partial charge in [0.25, 0.3) is 0 Å². The highest BCUT2D eigenvalue weighted by atomic mass is 35.5. The number of halogens is 1. The van der Waals surface area contributed by atoms with Gasteiger partial charge in [-0.15, -0.1) is 0 Å². The number of nitrogens with zero attached hydrogens (tertiary/aromatic N) is 1. The van der Waals surface area contributed by atoms with Gasteiger partial charge in [-0.3, -0.25) is 4.79 Å². The highest BCUT2D eigenvalue weighted by molar-refractivity contribution is 6.31. The Morgan fingerprint density at radius 2 is 2.30 bits per heavy atom. The summed E-state index contributed by atoms with van der Waals surface area (Å²) in [5, 5.41) is 0.610. The van der Waals surface area contributed by atoms with E-state index in [1.54, 1.807) is 24.1 Å². The van der Waals surface area contributed by atoms with E-state index in [2.05, 4.69) is 0 Å². The molecule has 1 aliphatic heterocycles. The molecule has 2 rings (SSSR count). The fourth-order valence-electron chi connectivity index (χ4n) is 2.30. The van der Waals surface area contributed by atoms with Crippen LogP contribution < -0.4 is 9.64 Å². The van der Waals surface area contributed by atoms with E-state index in [1.165, 1.54) is 0 Å². The average molecular weight is 298 g/mol. The number of ether oxygens (including phenoxy) is 2. The van der Waals surface area contributed by atoms with E-state index >= 15 is 0 Å². The Kier molecular flexibility index (Phi) is 5.26. The predicted molar refractivity (Wildman–Crippen MR) is 79.6 cm³/mol. The number of anilines is 1. The molecule has 0 saturated carbocycles. The molecule has 0 aliphatic carbocycles. The number of carbonyl (C=O) groups is 1. The third-order valence-electron chi connectivity index (χ3n) is 3.27. The number of benzene rings is 1. The van der Waals surface area contributed by atoms with E-state index in [1.807, 2.05) is 13.0 Å². The molecular formula is C15H20ClNO3. The Bertz CT molecular complexity index is 478. The van der Waals surface area contributed by atoms with Crippen molar-refractivity contribution in [3.63, 3.8) is 0 Å². The first-order valence-corrected chi connectivity index (χ1v) is 7.25. The second-order valence-electron chi connectivity index (χ2n) is 4.99. The van der Waals surface area contributed by atoms with Gasteiger partial charge in [0.1, 0.15) is 11.9 Å². The summed E-state index contributed by atoms with van der Waals surface area (Å²) in [5.74, 6) is 0.832. The van der Waals surface area contributed by atoms with Crippen molar-refractivity contribution >= 4 is 23.2 Å². The molecular weight excluding hydrogens is 278 g/mol.